The Hall–Kier alpha value is -0.390. The van der Waals surface area contributed by atoms with Crippen LogP contribution < -0.4 is 29.6 Å². The quantitative estimate of drug-likeness (QED) is 0.303. The molecule has 0 radical (unpaired) electrons. The summed E-state index contributed by atoms with van der Waals surface area (Å²) in [4.78, 5) is 23.6. The minimum absolute atomic E-state index is 0. The zero-order valence-electron chi connectivity index (χ0n) is 16.2. The molecule has 0 fully saturated rings. The first-order chi connectivity index (χ1) is 10.5. The van der Waals surface area contributed by atoms with Gasteiger partial charge in [0.15, 0.2) is 0 Å². The molecule has 0 unspecified atom stereocenters. The Kier molecular flexibility index (Phi) is 28.5. The molecule has 0 bridgehead atoms. The maximum absolute atomic E-state index is 10.2. The van der Waals surface area contributed by atoms with E-state index in [0.29, 0.717) is 0 Å². The third-order valence-corrected chi connectivity index (χ3v) is 3.09. The Labute approximate surface area is 164 Å². The maximum Gasteiger partial charge on any atom is 1.00 e. The van der Waals surface area contributed by atoms with Crippen LogP contribution in [0.15, 0.2) is 4.99 Å². The molecule has 0 rings (SSSR count). The summed E-state index contributed by atoms with van der Waals surface area (Å²) in [5.41, 5.74) is 0. The molecule has 0 aliphatic heterocycles. The van der Waals surface area contributed by atoms with Gasteiger partial charge in [0.2, 0.25) is 0 Å². The molecule has 132 valence electrons. The van der Waals surface area contributed by atoms with E-state index in [0.717, 1.165) is 13.0 Å². The molecular formula is C17H34NNaO4. The normalized spacial score (nSPS) is 9.83. The molecule has 2 N–H and O–H groups in total. The summed E-state index contributed by atoms with van der Waals surface area (Å²) in [6, 6.07) is 0. The van der Waals surface area contributed by atoms with Crippen molar-refractivity contribution < 1.29 is 50.8 Å². The van der Waals surface area contributed by atoms with Gasteiger partial charge in [0.25, 0.3) is 0 Å². The van der Waals surface area contributed by atoms with Crippen LogP contribution in [-0.4, -0.2) is 34.9 Å². The van der Waals surface area contributed by atoms with Gasteiger partial charge in [-0.05, 0) is 6.42 Å². The largest absolute Gasteiger partial charge is 1.00 e. The fraction of sp³-hybridized carbons (Fsp3) is 0.824. The minimum Gasteiger partial charge on any atom is -1.00 e. The number of hydrogen-bond acceptors (Lipinski definition) is 3. The molecule has 0 aromatic heterocycles. The Bertz CT molecular complexity index is 302. The first kappa shape index (κ1) is 27.5. The molecule has 5 nitrogen and oxygen atoms in total. The second-order valence-electron chi connectivity index (χ2n) is 5.26. The van der Waals surface area contributed by atoms with E-state index in [9.17, 15) is 9.59 Å². The predicted molar refractivity (Wildman–Crippen MR) is 91.9 cm³/mol. The molecule has 0 spiro atoms. The molecule has 0 amide bonds. The topological polar surface area (TPSA) is 87.0 Å². The van der Waals surface area contributed by atoms with Gasteiger partial charge in [-0.1, -0.05) is 65.2 Å². The fourth-order valence-corrected chi connectivity index (χ4v) is 1.75. The van der Waals surface area contributed by atoms with Gasteiger partial charge in [-0.2, -0.15) is 0 Å². The van der Waals surface area contributed by atoms with Gasteiger partial charge in [-0.25, -0.2) is 0 Å². The van der Waals surface area contributed by atoms with Crippen molar-refractivity contribution in [2.45, 2.75) is 84.5 Å². The summed E-state index contributed by atoms with van der Waals surface area (Å²) in [5, 5.41) is 16.1. The van der Waals surface area contributed by atoms with E-state index in [1.165, 1.54) is 57.6 Å². The average molecular weight is 339 g/mol. The van der Waals surface area contributed by atoms with Crippen LogP contribution in [0.1, 0.15) is 85.9 Å². The summed E-state index contributed by atoms with van der Waals surface area (Å²) in [5.74, 6) is -1.55. The number of unbranched alkanes of at least 4 members (excludes halogenated alkanes) is 8. The molecule has 0 saturated carbocycles. The van der Waals surface area contributed by atoms with E-state index in [1.54, 1.807) is 6.92 Å². The van der Waals surface area contributed by atoms with Gasteiger partial charge < -0.3 is 11.6 Å². The number of aliphatic carboxylic acids is 2. The zero-order chi connectivity index (χ0) is 17.1. The summed E-state index contributed by atoms with van der Waals surface area (Å²) in [7, 11) is 0. The number of hydrogen-bond donors (Lipinski definition) is 2. The summed E-state index contributed by atoms with van der Waals surface area (Å²) in [6.45, 7) is 4.62. The van der Waals surface area contributed by atoms with Crippen LogP contribution in [-0.2, 0) is 9.59 Å². The molecule has 23 heavy (non-hydrogen) atoms. The molecule has 0 aromatic carbocycles. The summed E-state index contributed by atoms with van der Waals surface area (Å²) in [6.07, 6.45) is 13.5. The number of carbonyl (C=O) groups is 2. The Morgan fingerprint density at radius 1 is 0.870 bits per heavy atom. The number of rotatable bonds is 13. The summed E-state index contributed by atoms with van der Waals surface area (Å²) < 4.78 is 0. The minimum atomic E-state index is -0.805. The smallest absolute Gasteiger partial charge is 1.00 e. The Morgan fingerprint density at radius 3 is 1.70 bits per heavy atom. The van der Waals surface area contributed by atoms with Crippen molar-refractivity contribution in [2.75, 3.05) is 6.54 Å². The van der Waals surface area contributed by atoms with E-state index in [-0.39, 0.29) is 43.8 Å². The zero-order valence-corrected chi connectivity index (χ0v) is 17.2. The molecule has 0 atom stereocenters. The van der Waals surface area contributed by atoms with E-state index in [1.807, 2.05) is 0 Å². The number of carboxylic acid groups (broad SMARTS) is 2. The van der Waals surface area contributed by atoms with Crippen LogP contribution in [0.25, 0.3) is 0 Å². The Balaban J connectivity index is -0.000000250. The van der Waals surface area contributed by atoms with Gasteiger partial charge in [0.05, 0.1) is 6.42 Å². The van der Waals surface area contributed by atoms with Gasteiger partial charge in [-0.15, -0.1) is 0 Å². The van der Waals surface area contributed by atoms with Gasteiger partial charge >= 0.3 is 41.5 Å². The van der Waals surface area contributed by atoms with E-state index >= 15 is 0 Å². The maximum atomic E-state index is 10.2. The summed E-state index contributed by atoms with van der Waals surface area (Å²) >= 11 is 0. The Morgan fingerprint density at radius 2 is 1.30 bits per heavy atom. The van der Waals surface area contributed by atoms with Gasteiger partial charge in [0.1, 0.15) is 0 Å². The SMILES string of the molecule is CCC(=O)O.CCCCCCCCCCCN=CCC(=O)O.[H-].[Na+]. The fourth-order valence-electron chi connectivity index (χ4n) is 1.75. The van der Waals surface area contributed by atoms with Crippen molar-refractivity contribution in [3.63, 3.8) is 0 Å². The van der Waals surface area contributed by atoms with Crippen molar-refractivity contribution in [3.8, 4) is 0 Å². The molecule has 0 heterocycles. The second-order valence-corrected chi connectivity index (χ2v) is 5.26. The first-order valence-corrected chi connectivity index (χ1v) is 8.46. The van der Waals surface area contributed by atoms with Crippen molar-refractivity contribution in [2.24, 2.45) is 4.99 Å². The monoisotopic (exact) mass is 339 g/mol. The standard InChI is InChI=1S/C14H27NO2.C3H6O2.Na.H/c1-2-3-4-5-6-7-8-9-10-12-15-13-11-14(16)17;1-2-3(4)5;;/h13H,2-12H2,1H3,(H,16,17);2H2,1H3,(H,4,5);;/q;;+1;-1. The van der Waals surface area contributed by atoms with E-state index in [2.05, 4.69) is 11.9 Å². The van der Waals surface area contributed by atoms with Crippen molar-refractivity contribution in [3.05, 3.63) is 0 Å². The third-order valence-electron chi connectivity index (χ3n) is 3.09. The average Bonchev–Trinajstić information content (AvgIpc) is 2.48. The van der Waals surface area contributed by atoms with Gasteiger partial charge in [0, 0.05) is 19.2 Å². The van der Waals surface area contributed by atoms with Crippen molar-refractivity contribution in [1.82, 2.24) is 0 Å². The number of aliphatic imine (C=N–C) groups is 1. The molecule has 0 aromatic rings. The number of nitrogens with zero attached hydrogens (tertiary/aromatic N) is 1. The van der Waals surface area contributed by atoms with Crippen LogP contribution in [0, 0.1) is 0 Å². The predicted octanol–water partition coefficient (Wildman–Crippen LogP) is 1.66. The van der Waals surface area contributed by atoms with E-state index in [4.69, 9.17) is 10.2 Å². The first-order valence-electron chi connectivity index (χ1n) is 8.46. The molecule has 6 heteroatoms. The second kappa shape index (κ2) is 23.9. The van der Waals surface area contributed by atoms with Crippen molar-refractivity contribution >= 4 is 18.2 Å². The molecular weight excluding hydrogens is 305 g/mol. The molecule has 0 aliphatic carbocycles. The van der Waals surface area contributed by atoms with E-state index < -0.39 is 11.9 Å². The molecule has 0 saturated heterocycles. The van der Waals surface area contributed by atoms with Crippen molar-refractivity contribution in [1.29, 1.82) is 0 Å². The van der Waals surface area contributed by atoms with Crippen LogP contribution in [0.2, 0.25) is 0 Å². The van der Waals surface area contributed by atoms with Crippen LogP contribution >= 0.6 is 0 Å². The third kappa shape index (κ3) is 34.1. The van der Waals surface area contributed by atoms with Crippen LogP contribution in [0.3, 0.4) is 0 Å². The number of carboxylic acids is 2. The molecule has 0 aliphatic rings. The van der Waals surface area contributed by atoms with Crippen LogP contribution in [0.4, 0.5) is 0 Å². The van der Waals surface area contributed by atoms with Crippen LogP contribution in [0.5, 0.6) is 0 Å². The van der Waals surface area contributed by atoms with Gasteiger partial charge in [-0.3, -0.25) is 14.6 Å².